The number of fused-ring (bicyclic) bond motifs is 1. The van der Waals surface area contributed by atoms with Gasteiger partial charge in [-0.25, -0.2) is 13.9 Å². The van der Waals surface area contributed by atoms with E-state index in [-0.39, 0.29) is 17.4 Å². The fourth-order valence-electron chi connectivity index (χ4n) is 3.22. The fraction of sp³-hybridized carbons (Fsp3) is 0.429. The number of ether oxygens (including phenoxy) is 1. The van der Waals surface area contributed by atoms with Gasteiger partial charge in [0.15, 0.2) is 12.3 Å². The number of carbonyl (C=O) groups is 2. The molecule has 7 nitrogen and oxygen atoms in total. The van der Waals surface area contributed by atoms with E-state index < -0.39 is 24.0 Å². The molecule has 1 heterocycles. The quantitative estimate of drug-likeness (QED) is 0.755. The zero-order valence-electron chi connectivity index (χ0n) is 16.7. The second kappa shape index (κ2) is 8.03. The summed E-state index contributed by atoms with van der Waals surface area (Å²) in [6.07, 6.45) is 2.32. The van der Waals surface area contributed by atoms with Crippen LogP contribution < -0.4 is 5.32 Å². The van der Waals surface area contributed by atoms with Crippen LogP contribution in [0.4, 0.5) is 4.39 Å². The number of nitriles is 1. The van der Waals surface area contributed by atoms with E-state index in [1.165, 1.54) is 12.1 Å². The normalized spacial score (nSPS) is 14.8. The first kappa shape index (κ1) is 20.5. The standard InChI is InChI=1S/C21H23FN4O3/c1-13(2)21(3,12-23)24-18(27)11-29-20(28)19-16-5-4-6-17(16)26(25-19)15-9-7-14(22)8-10-15/h7-10,13H,4-6,11H2,1-3H3,(H,24,27)/t21-/m0/s1. The molecular formula is C21H23FN4O3. The molecule has 1 atom stereocenters. The van der Waals surface area contributed by atoms with Crippen LogP contribution in [0, 0.1) is 23.1 Å². The van der Waals surface area contributed by atoms with Gasteiger partial charge in [0, 0.05) is 11.3 Å². The number of benzene rings is 1. The minimum Gasteiger partial charge on any atom is -0.451 e. The topological polar surface area (TPSA) is 97.0 Å². The van der Waals surface area contributed by atoms with Gasteiger partial charge in [0.05, 0.1) is 11.8 Å². The van der Waals surface area contributed by atoms with Crippen LogP contribution in [-0.4, -0.2) is 33.8 Å². The Bertz CT molecular complexity index is 975. The average Bonchev–Trinajstić information content (AvgIpc) is 3.29. The van der Waals surface area contributed by atoms with E-state index in [4.69, 9.17) is 4.74 Å². The van der Waals surface area contributed by atoms with Crippen molar-refractivity contribution in [3.63, 3.8) is 0 Å². The first-order chi connectivity index (χ1) is 13.7. The number of hydrogen-bond donors (Lipinski definition) is 1. The van der Waals surface area contributed by atoms with E-state index in [0.29, 0.717) is 12.1 Å². The molecule has 0 saturated carbocycles. The molecule has 1 aliphatic rings. The predicted octanol–water partition coefficient (Wildman–Crippen LogP) is 2.71. The van der Waals surface area contributed by atoms with Crippen molar-refractivity contribution in [3.05, 3.63) is 47.0 Å². The predicted molar refractivity (Wildman–Crippen MR) is 103 cm³/mol. The summed E-state index contributed by atoms with van der Waals surface area (Å²) in [4.78, 5) is 24.7. The van der Waals surface area contributed by atoms with E-state index in [9.17, 15) is 19.2 Å². The highest BCUT2D eigenvalue weighted by Crippen LogP contribution is 2.28. The Kier molecular flexibility index (Phi) is 5.69. The Morgan fingerprint density at radius 2 is 2.03 bits per heavy atom. The second-order valence-electron chi connectivity index (χ2n) is 7.61. The summed E-state index contributed by atoms with van der Waals surface area (Å²) in [5.41, 5.74) is 1.47. The molecule has 1 aromatic carbocycles. The number of hydrogen-bond acceptors (Lipinski definition) is 5. The van der Waals surface area contributed by atoms with Gasteiger partial charge in [-0.15, -0.1) is 0 Å². The van der Waals surface area contributed by atoms with Crippen LogP contribution in [-0.2, 0) is 22.4 Å². The van der Waals surface area contributed by atoms with Crippen LogP contribution >= 0.6 is 0 Å². The summed E-state index contributed by atoms with van der Waals surface area (Å²) in [6.45, 7) is 4.76. The molecule has 1 aromatic heterocycles. The number of aromatic nitrogens is 2. The summed E-state index contributed by atoms with van der Waals surface area (Å²) < 4.78 is 20.0. The molecule has 0 saturated heterocycles. The molecule has 1 N–H and O–H groups in total. The minimum absolute atomic E-state index is 0.109. The second-order valence-corrected chi connectivity index (χ2v) is 7.61. The number of nitrogens with one attached hydrogen (secondary N) is 1. The largest absolute Gasteiger partial charge is 0.451 e. The van der Waals surface area contributed by atoms with Gasteiger partial charge in [-0.05, 0) is 56.4 Å². The highest BCUT2D eigenvalue weighted by atomic mass is 19.1. The van der Waals surface area contributed by atoms with E-state index in [1.54, 1.807) is 23.7 Å². The highest BCUT2D eigenvalue weighted by molar-refractivity contribution is 5.91. The Balaban J connectivity index is 1.74. The Labute approximate surface area is 168 Å². The summed E-state index contributed by atoms with van der Waals surface area (Å²) in [5.74, 6) is -1.70. The molecule has 0 aliphatic heterocycles. The summed E-state index contributed by atoms with van der Waals surface area (Å²) in [5, 5.41) is 16.2. The van der Waals surface area contributed by atoms with E-state index in [2.05, 4.69) is 16.5 Å². The molecule has 1 amide bonds. The van der Waals surface area contributed by atoms with E-state index >= 15 is 0 Å². The lowest BCUT2D eigenvalue weighted by atomic mass is 9.90. The maximum absolute atomic E-state index is 13.2. The minimum atomic E-state index is -1.05. The van der Waals surface area contributed by atoms with Crippen LogP contribution in [0.1, 0.15) is 48.9 Å². The molecular weight excluding hydrogens is 375 g/mol. The fourth-order valence-corrected chi connectivity index (χ4v) is 3.22. The first-order valence-corrected chi connectivity index (χ1v) is 9.51. The molecule has 1 aliphatic carbocycles. The summed E-state index contributed by atoms with van der Waals surface area (Å²) in [7, 11) is 0. The third kappa shape index (κ3) is 4.14. The van der Waals surface area contributed by atoms with E-state index in [1.807, 2.05) is 13.8 Å². The monoisotopic (exact) mass is 398 g/mol. The maximum atomic E-state index is 13.2. The van der Waals surface area contributed by atoms with Gasteiger partial charge in [-0.3, -0.25) is 4.79 Å². The Morgan fingerprint density at radius 3 is 2.66 bits per heavy atom. The molecule has 152 valence electrons. The zero-order valence-corrected chi connectivity index (χ0v) is 16.7. The van der Waals surface area contributed by atoms with Gasteiger partial charge in [-0.2, -0.15) is 10.4 Å². The van der Waals surface area contributed by atoms with Gasteiger partial charge in [0.2, 0.25) is 0 Å². The van der Waals surface area contributed by atoms with Crippen LogP contribution in [0.15, 0.2) is 24.3 Å². The van der Waals surface area contributed by atoms with Gasteiger partial charge < -0.3 is 10.1 Å². The lowest BCUT2D eigenvalue weighted by molar-refractivity contribution is -0.125. The van der Waals surface area contributed by atoms with Crippen molar-refractivity contribution < 1.29 is 18.7 Å². The Morgan fingerprint density at radius 1 is 1.34 bits per heavy atom. The van der Waals surface area contributed by atoms with Crippen molar-refractivity contribution in [1.29, 1.82) is 5.26 Å². The number of nitrogens with zero attached hydrogens (tertiary/aromatic N) is 3. The van der Waals surface area contributed by atoms with Crippen LogP contribution in [0.25, 0.3) is 5.69 Å². The zero-order chi connectivity index (χ0) is 21.2. The first-order valence-electron chi connectivity index (χ1n) is 9.51. The molecule has 2 aromatic rings. The number of amides is 1. The lowest BCUT2D eigenvalue weighted by Gasteiger charge is -2.27. The van der Waals surface area contributed by atoms with Crippen molar-refractivity contribution in [2.75, 3.05) is 6.61 Å². The summed E-state index contributed by atoms with van der Waals surface area (Å²) in [6, 6.07) is 7.93. The van der Waals surface area contributed by atoms with Gasteiger partial charge in [0.25, 0.3) is 5.91 Å². The molecule has 3 rings (SSSR count). The highest BCUT2D eigenvalue weighted by Gasteiger charge is 2.31. The lowest BCUT2D eigenvalue weighted by Crippen LogP contribution is -2.50. The SMILES string of the molecule is CC(C)[C@](C)(C#N)NC(=O)COC(=O)c1nn(-c2ccc(F)cc2)c2c1CCC2. The third-order valence-corrected chi connectivity index (χ3v) is 5.32. The van der Waals surface area contributed by atoms with Gasteiger partial charge in [0.1, 0.15) is 11.4 Å². The molecule has 8 heteroatoms. The van der Waals surface area contributed by atoms with Crippen molar-refractivity contribution in [1.82, 2.24) is 15.1 Å². The maximum Gasteiger partial charge on any atom is 0.359 e. The van der Waals surface area contributed by atoms with Gasteiger partial charge >= 0.3 is 5.97 Å². The number of halogens is 1. The summed E-state index contributed by atoms with van der Waals surface area (Å²) >= 11 is 0. The molecule has 0 unspecified atom stereocenters. The van der Waals surface area contributed by atoms with Crippen LogP contribution in [0.3, 0.4) is 0 Å². The molecule has 0 spiro atoms. The third-order valence-electron chi connectivity index (χ3n) is 5.32. The van der Waals surface area contributed by atoms with Crippen molar-refractivity contribution in [2.24, 2.45) is 5.92 Å². The van der Waals surface area contributed by atoms with Gasteiger partial charge in [-0.1, -0.05) is 13.8 Å². The van der Waals surface area contributed by atoms with Crippen LogP contribution in [0.5, 0.6) is 0 Å². The molecule has 0 fully saturated rings. The van der Waals surface area contributed by atoms with Crippen molar-refractivity contribution in [2.45, 2.75) is 45.6 Å². The average molecular weight is 398 g/mol. The van der Waals surface area contributed by atoms with E-state index in [0.717, 1.165) is 24.1 Å². The molecule has 0 radical (unpaired) electrons. The number of rotatable bonds is 6. The molecule has 0 bridgehead atoms. The Hall–Kier alpha value is -3.21. The smallest absolute Gasteiger partial charge is 0.359 e. The van der Waals surface area contributed by atoms with Crippen molar-refractivity contribution in [3.8, 4) is 11.8 Å². The van der Waals surface area contributed by atoms with Crippen molar-refractivity contribution >= 4 is 11.9 Å². The molecule has 29 heavy (non-hydrogen) atoms. The van der Waals surface area contributed by atoms with Crippen LogP contribution in [0.2, 0.25) is 0 Å². The number of esters is 1. The number of carbonyl (C=O) groups excluding carboxylic acids is 2.